The Morgan fingerprint density at radius 2 is 1.86 bits per heavy atom. The Labute approximate surface area is 206 Å². The summed E-state index contributed by atoms with van der Waals surface area (Å²) >= 11 is 0. The normalized spacial score (nSPS) is 18.3. The number of amides is 2. The third-order valence-electron chi connectivity index (χ3n) is 6.69. The zero-order valence-corrected chi connectivity index (χ0v) is 20.5. The number of anilines is 4. The fourth-order valence-corrected chi connectivity index (χ4v) is 4.87. The van der Waals surface area contributed by atoms with Gasteiger partial charge in [0, 0.05) is 54.2 Å². The van der Waals surface area contributed by atoms with Crippen molar-refractivity contribution in [3.05, 3.63) is 42.6 Å². The van der Waals surface area contributed by atoms with Gasteiger partial charge in [-0.05, 0) is 63.1 Å². The van der Waals surface area contributed by atoms with Gasteiger partial charge in [0.25, 0.3) is 0 Å². The van der Waals surface area contributed by atoms with E-state index in [1.54, 1.807) is 12.3 Å². The number of fused-ring (bicyclic) bond motifs is 1. The number of nitrogens with zero attached hydrogens (tertiary/aromatic N) is 4. The molecule has 3 heterocycles. The van der Waals surface area contributed by atoms with Crippen LogP contribution in [0.25, 0.3) is 11.0 Å². The van der Waals surface area contributed by atoms with Crippen molar-refractivity contribution in [3.8, 4) is 0 Å². The van der Waals surface area contributed by atoms with Crippen LogP contribution >= 0.6 is 0 Å². The minimum atomic E-state index is -0.218. The number of nitrogens with one attached hydrogen (secondary N) is 4. The predicted molar refractivity (Wildman–Crippen MR) is 140 cm³/mol. The number of urea groups is 1. The van der Waals surface area contributed by atoms with Crippen LogP contribution in [0.4, 0.5) is 27.9 Å². The second-order valence-electron chi connectivity index (χ2n) is 10.1. The SMILES string of the molecule is CC1(C)CN(c2ccc(Nc3ncc4ccc(NC(=O)NC5CCCCC5)nc4n3)cc2)CCN1. The molecule has 1 aliphatic heterocycles. The highest BCUT2D eigenvalue weighted by Crippen LogP contribution is 2.24. The second-order valence-corrected chi connectivity index (χ2v) is 10.1. The fourth-order valence-electron chi connectivity index (χ4n) is 4.87. The molecule has 4 N–H and O–H groups in total. The number of pyridine rings is 1. The summed E-state index contributed by atoms with van der Waals surface area (Å²) in [4.78, 5) is 28.3. The molecule has 0 unspecified atom stereocenters. The molecule has 1 saturated heterocycles. The van der Waals surface area contributed by atoms with Crippen LogP contribution in [0.5, 0.6) is 0 Å². The molecule has 184 valence electrons. The third kappa shape index (κ3) is 5.97. The Hall–Kier alpha value is -3.46. The first-order valence-electron chi connectivity index (χ1n) is 12.5. The van der Waals surface area contributed by atoms with E-state index in [9.17, 15) is 4.79 Å². The van der Waals surface area contributed by atoms with Crippen molar-refractivity contribution in [3.63, 3.8) is 0 Å². The van der Waals surface area contributed by atoms with Crippen LogP contribution in [0.1, 0.15) is 46.0 Å². The Balaban J connectivity index is 1.23. The van der Waals surface area contributed by atoms with Crippen molar-refractivity contribution in [1.82, 2.24) is 25.6 Å². The molecule has 1 aromatic carbocycles. The number of rotatable bonds is 5. The van der Waals surface area contributed by atoms with Crippen LogP contribution in [0.3, 0.4) is 0 Å². The summed E-state index contributed by atoms with van der Waals surface area (Å²) in [5.74, 6) is 0.934. The molecule has 0 spiro atoms. The van der Waals surface area contributed by atoms with E-state index in [1.165, 1.54) is 24.9 Å². The molecule has 1 aliphatic carbocycles. The highest BCUT2D eigenvalue weighted by atomic mass is 16.2. The molecular formula is C26H34N8O. The Morgan fingerprint density at radius 3 is 2.63 bits per heavy atom. The van der Waals surface area contributed by atoms with Gasteiger partial charge in [-0.2, -0.15) is 4.98 Å². The van der Waals surface area contributed by atoms with Crippen LogP contribution in [0, 0.1) is 0 Å². The van der Waals surface area contributed by atoms with Gasteiger partial charge in [0.1, 0.15) is 5.82 Å². The van der Waals surface area contributed by atoms with E-state index in [-0.39, 0.29) is 17.6 Å². The molecule has 3 aromatic rings. The maximum Gasteiger partial charge on any atom is 0.320 e. The zero-order valence-electron chi connectivity index (χ0n) is 20.5. The molecule has 0 atom stereocenters. The van der Waals surface area contributed by atoms with Crippen molar-refractivity contribution < 1.29 is 4.79 Å². The average molecular weight is 475 g/mol. The van der Waals surface area contributed by atoms with Crippen LogP contribution in [0.2, 0.25) is 0 Å². The topological polar surface area (TPSA) is 107 Å². The minimum Gasteiger partial charge on any atom is -0.368 e. The van der Waals surface area contributed by atoms with E-state index < -0.39 is 0 Å². The summed E-state index contributed by atoms with van der Waals surface area (Å²) in [6, 6.07) is 12.0. The van der Waals surface area contributed by atoms with Crippen LogP contribution in [-0.2, 0) is 0 Å². The monoisotopic (exact) mass is 474 g/mol. The predicted octanol–water partition coefficient (Wildman–Crippen LogP) is 4.41. The van der Waals surface area contributed by atoms with Gasteiger partial charge in [0.15, 0.2) is 5.65 Å². The zero-order chi connectivity index (χ0) is 24.3. The number of carbonyl (C=O) groups is 1. The van der Waals surface area contributed by atoms with Crippen molar-refractivity contribution >= 4 is 40.2 Å². The molecule has 5 rings (SSSR count). The Kier molecular flexibility index (Phi) is 6.68. The van der Waals surface area contributed by atoms with E-state index in [0.29, 0.717) is 17.4 Å². The third-order valence-corrected chi connectivity index (χ3v) is 6.69. The molecule has 9 heteroatoms. The lowest BCUT2D eigenvalue weighted by atomic mass is 9.96. The van der Waals surface area contributed by atoms with Gasteiger partial charge in [-0.1, -0.05) is 19.3 Å². The molecule has 2 aliphatic rings. The standard InChI is InChI=1S/C26H34N8O/c1-26(2)17-34(15-14-28-26)21-11-9-20(10-12-21)29-24-27-16-18-8-13-22(31-23(18)33-24)32-25(35)30-19-6-4-3-5-7-19/h8-13,16,19,28H,3-7,14-15,17H2,1-2H3,(H3,27,29,30,31,32,33,35). The summed E-state index contributed by atoms with van der Waals surface area (Å²) in [6.45, 7) is 7.39. The van der Waals surface area contributed by atoms with Gasteiger partial charge in [-0.15, -0.1) is 0 Å². The Morgan fingerprint density at radius 1 is 1.06 bits per heavy atom. The first-order valence-corrected chi connectivity index (χ1v) is 12.5. The summed E-state index contributed by atoms with van der Waals surface area (Å²) in [7, 11) is 0. The number of carbonyl (C=O) groups excluding carboxylic acids is 1. The van der Waals surface area contributed by atoms with Gasteiger partial charge >= 0.3 is 6.03 Å². The molecule has 2 aromatic heterocycles. The summed E-state index contributed by atoms with van der Waals surface area (Å²) < 4.78 is 0. The Bertz CT molecular complexity index is 1170. The van der Waals surface area contributed by atoms with Crippen LogP contribution in [-0.4, -0.2) is 52.2 Å². The van der Waals surface area contributed by atoms with E-state index >= 15 is 0 Å². The lowest BCUT2D eigenvalue weighted by Crippen LogP contribution is -2.57. The highest BCUT2D eigenvalue weighted by molar-refractivity contribution is 5.90. The van der Waals surface area contributed by atoms with E-state index in [1.807, 2.05) is 18.2 Å². The smallest absolute Gasteiger partial charge is 0.320 e. The van der Waals surface area contributed by atoms with Gasteiger partial charge in [-0.25, -0.2) is 14.8 Å². The molecular weight excluding hydrogens is 440 g/mol. The maximum atomic E-state index is 12.4. The van der Waals surface area contributed by atoms with Crippen LogP contribution < -0.4 is 26.2 Å². The van der Waals surface area contributed by atoms with Crippen molar-refractivity contribution in [2.24, 2.45) is 0 Å². The van der Waals surface area contributed by atoms with Crippen molar-refractivity contribution in [2.75, 3.05) is 35.2 Å². The number of hydrogen-bond acceptors (Lipinski definition) is 7. The summed E-state index contributed by atoms with van der Waals surface area (Å²) in [5, 5.41) is 13.5. The van der Waals surface area contributed by atoms with Gasteiger partial charge in [0.2, 0.25) is 5.95 Å². The first-order chi connectivity index (χ1) is 16.9. The van der Waals surface area contributed by atoms with Crippen molar-refractivity contribution in [1.29, 1.82) is 0 Å². The van der Waals surface area contributed by atoms with E-state index in [0.717, 1.165) is 43.5 Å². The number of benzene rings is 1. The molecule has 2 amide bonds. The van der Waals surface area contributed by atoms with Gasteiger partial charge < -0.3 is 20.9 Å². The molecule has 2 fully saturated rings. The molecule has 35 heavy (non-hydrogen) atoms. The molecule has 0 bridgehead atoms. The highest BCUT2D eigenvalue weighted by Gasteiger charge is 2.25. The average Bonchev–Trinajstić information content (AvgIpc) is 2.84. The largest absolute Gasteiger partial charge is 0.368 e. The van der Waals surface area contributed by atoms with E-state index in [4.69, 9.17) is 0 Å². The summed E-state index contributed by atoms with van der Waals surface area (Å²) in [6.07, 6.45) is 7.40. The number of aromatic nitrogens is 3. The lowest BCUT2D eigenvalue weighted by Gasteiger charge is -2.40. The quantitative estimate of drug-likeness (QED) is 0.434. The van der Waals surface area contributed by atoms with Gasteiger partial charge in [0.05, 0.1) is 0 Å². The van der Waals surface area contributed by atoms with Gasteiger partial charge in [-0.3, -0.25) is 5.32 Å². The molecule has 9 nitrogen and oxygen atoms in total. The second kappa shape index (κ2) is 10.0. The first kappa shape index (κ1) is 23.3. The number of hydrogen-bond donors (Lipinski definition) is 4. The van der Waals surface area contributed by atoms with Crippen molar-refractivity contribution in [2.45, 2.75) is 57.5 Å². The minimum absolute atomic E-state index is 0.103. The maximum absolute atomic E-state index is 12.4. The number of piperazine rings is 1. The van der Waals surface area contributed by atoms with Crippen LogP contribution in [0.15, 0.2) is 42.6 Å². The fraction of sp³-hybridized carbons (Fsp3) is 0.462. The lowest BCUT2D eigenvalue weighted by molar-refractivity contribution is 0.244. The molecule has 0 radical (unpaired) electrons. The summed E-state index contributed by atoms with van der Waals surface area (Å²) in [5.41, 5.74) is 2.74. The molecule has 1 saturated carbocycles. The van der Waals surface area contributed by atoms with E-state index in [2.05, 4.69) is 67.1 Å².